The predicted molar refractivity (Wildman–Crippen MR) is 84.8 cm³/mol. The van der Waals surface area contributed by atoms with E-state index < -0.39 is 0 Å². The highest BCUT2D eigenvalue weighted by atomic mass is 16.5. The number of ether oxygens (including phenoxy) is 1. The van der Waals surface area contributed by atoms with Gasteiger partial charge in [-0.3, -0.25) is 9.59 Å². The van der Waals surface area contributed by atoms with Crippen LogP contribution < -0.4 is 5.43 Å². The van der Waals surface area contributed by atoms with Gasteiger partial charge in [0.2, 0.25) is 5.91 Å². The molecule has 1 aromatic carbocycles. The van der Waals surface area contributed by atoms with Gasteiger partial charge in [-0.1, -0.05) is 12.1 Å². The third kappa shape index (κ3) is 2.90. The van der Waals surface area contributed by atoms with Crippen molar-refractivity contribution < 1.29 is 9.53 Å². The van der Waals surface area contributed by atoms with Crippen molar-refractivity contribution in [1.82, 2.24) is 9.47 Å². The van der Waals surface area contributed by atoms with Gasteiger partial charge in [0.15, 0.2) is 5.43 Å². The summed E-state index contributed by atoms with van der Waals surface area (Å²) in [4.78, 5) is 26.2. The van der Waals surface area contributed by atoms with Crippen molar-refractivity contribution in [2.24, 2.45) is 0 Å². The second-order valence-electron chi connectivity index (χ2n) is 5.64. The van der Waals surface area contributed by atoms with Crippen molar-refractivity contribution in [3.63, 3.8) is 0 Å². The minimum absolute atomic E-state index is 0.0137. The van der Waals surface area contributed by atoms with E-state index in [1.54, 1.807) is 19.4 Å². The van der Waals surface area contributed by atoms with Gasteiger partial charge < -0.3 is 14.2 Å². The fraction of sp³-hybridized carbons (Fsp3) is 0.412. The highest BCUT2D eigenvalue weighted by Gasteiger charge is 2.22. The summed E-state index contributed by atoms with van der Waals surface area (Å²) in [6.07, 6.45) is 3.72. The molecule has 2 aromatic rings. The molecular weight excluding hydrogens is 280 g/mol. The highest BCUT2D eigenvalue weighted by molar-refractivity contribution is 5.82. The van der Waals surface area contributed by atoms with Crippen LogP contribution in [-0.4, -0.2) is 41.7 Å². The SMILES string of the molecule is COC1CCN(C(=O)Cn2ccc(=O)c3ccccc32)CC1. The number of carbonyl (C=O) groups excluding carboxylic acids is 1. The average Bonchev–Trinajstić information content (AvgIpc) is 2.57. The Morgan fingerprint density at radius 1 is 1.23 bits per heavy atom. The van der Waals surface area contributed by atoms with Gasteiger partial charge >= 0.3 is 0 Å². The predicted octanol–water partition coefficient (Wildman–Crippen LogP) is 1.64. The summed E-state index contributed by atoms with van der Waals surface area (Å²) in [5, 5.41) is 0.649. The standard InChI is InChI=1S/C17H20N2O3/c1-22-13-6-9-18(10-7-13)17(21)12-19-11-8-16(20)14-4-2-3-5-15(14)19/h2-5,8,11,13H,6-7,9-10,12H2,1H3. The quantitative estimate of drug-likeness (QED) is 0.866. The maximum atomic E-state index is 12.5. The Bertz CT molecular complexity index is 730. The molecule has 0 spiro atoms. The van der Waals surface area contributed by atoms with E-state index in [-0.39, 0.29) is 24.0 Å². The molecule has 22 heavy (non-hydrogen) atoms. The molecule has 2 heterocycles. The van der Waals surface area contributed by atoms with Crippen LogP contribution in [0.5, 0.6) is 0 Å². The molecule has 1 amide bonds. The topological polar surface area (TPSA) is 51.5 Å². The van der Waals surface area contributed by atoms with Crippen molar-refractivity contribution in [1.29, 1.82) is 0 Å². The number of hydrogen-bond acceptors (Lipinski definition) is 3. The molecule has 1 saturated heterocycles. The van der Waals surface area contributed by atoms with Gasteiger partial charge in [0.1, 0.15) is 6.54 Å². The lowest BCUT2D eigenvalue weighted by atomic mass is 10.1. The summed E-state index contributed by atoms with van der Waals surface area (Å²) < 4.78 is 7.18. The Labute approximate surface area is 129 Å². The van der Waals surface area contributed by atoms with Gasteiger partial charge in [-0.2, -0.15) is 0 Å². The third-order valence-electron chi connectivity index (χ3n) is 4.32. The molecule has 116 valence electrons. The van der Waals surface area contributed by atoms with Crippen molar-refractivity contribution in [3.8, 4) is 0 Å². The molecule has 1 aromatic heterocycles. The molecule has 0 radical (unpaired) electrons. The number of amides is 1. The maximum Gasteiger partial charge on any atom is 0.242 e. The van der Waals surface area contributed by atoms with E-state index in [2.05, 4.69) is 0 Å². The van der Waals surface area contributed by atoms with Gasteiger partial charge in [-0.15, -0.1) is 0 Å². The summed E-state index contributed by atoms with van der Waals surface area (Å²) in [6.45, 7) is 1.73. The molecule has 0 atom stereocenters. The van der Waals surface area contributed by atoms with Crippen LogP contribution in [0.15, 0.2) is 41.3 Å². The Balaban J connectivity index is 1.78. The van der Waals surface area contributed by atoms with Crippen LogP contribution in [0.4, 0.5) is 0 Å². The molecule has 0 N–H and O–H groups in total. The van der Waals surface area contributed by atoms with E-state index in [0.29, 0.717) is 5.39 Å². The molecule has 0 saturated carbocycles. The first kappa shape index (κ1) is 14.8. The number of carbonyl (C=O) groups is 1. The van der Waals surface area contributed by atoms with Crippen LogP contribution in [0, 0.1) is 0 Å². The fourth-order valence-corrected chi connectivity index (χ4v) is 2.98. The molecule has 1 fully saturated rings. The van der Waals surface area contributed by atoms with Gasteiger partial charge in [0.25, 0.3) is 0 Å². The summed E-state index contributed by atoms with van der Waals surface area (Å²) in [5.74, 6) is 0.0864. The van der Waals surface area contributed by atoms with Crippen LogP contribution >= 0.6 is 0 Å². The Morgan fingerprint density at radius 2 is 1.95 bits per heavy atom. The number of para-hydroxylation sites is 1. The zero-order valence-electron chi connectivity index (χ0n) is 12.7. The first-order valence-electron chi connectivity index (χ1n) is 7.58. The van der Waals surface area contributed by atoms with E-state index in [1.165, 1.54) is 6.07 Å². The Hall–Kier alpha value is -2.14. The lowest BCUT2D eigenvalue weighted by Crippen LogP contribution is -2.42. The molecule has 5 heteroatoms. The second-order valence-corrected chi connectivity index (χ2v) is 5.64. The number of nitrogens with zero attached hydrogens (tertiary/aromatic N) is 2. The first-order valence-corrected chi connectivity index (χ1v) is 7.58. The summed E-state index contributed by atoms with van der Waals surface area (Å²) in [6, 6.07) is 8.91. The minimum Gasteiger partial charge on any atom is -0.381 e. The number of pyridine rings is 1. The van der Waals surface area contributed by atoms with E-state index in [0.717, 1.165) is 31.4 Å². The third-order valence-corrected chi connectivity index (χ3v) is 4.32. The van der Waals surface area contributed by atoms with Crippen molar-refractivity contribution >= 4 is 16.8 Å². The molecule has 5 nitrogen and oxygen atoms in total. The van der Waals surface area contributed by atoms with Gasteiger partial charge in [-0.25, -0.2) is 0 Å². The van der Waals surface area contributed by atoms with Gasteiger partial charge in [0, 0.05) is 37.8 Å². The van der Waals surface area contributed by atoms with Crippen LogP contribution in [0.25, 0.3) is 10.9 Å². The molecule has 1 aliphatic heterocycles. The lowest BCUT2D eigenvalue weighted by Gasteiger charge is -2.31. The van der Waals surface area contributed by atoms with Crippen molar-refractivity contribution in [2.75, 3.05) is 20.2 Å². The van der Waals surface area contributed by atoms with Crippen molar-refractivity contribution in [2.45, 2.75) is 25.5 Å². The van der Waals surface area contributed by atoms with E-state index >= 15 is 0 Å². The molecule has 0 unspecified atom stereocenters. The lowest BCUT2D eigenvalue weighted by molar-refractivity contribution is -0.134. The average molecular weight is 300 g/mol. The molecule has 3 rings (SSSR count). The summed E-state index contributed by atoms with van der Waals surface area (Å²) in [7, 11) is 1.72. The molecular formula is C17H20N2O3. The molecule has 1 aliphatic rings. The summed E-state index contributed by atoms with van der Waals surface area (Å²) in [5.41, 5.74) is 0.787. The number of fused-ring (bicyclic) bond motifs is 1. The number of likely N-dealkylation sites (tertiary alicyclic amines) is 1. The zero-order valence-corrected chi connectivity index (χ0v) is 12.7. The fourth-order valence-electron chi connectivity index (χ4n) is 2.98. The van der Waals surface area contributed by atoms with Crippen LogP contribution in [-0.2, 0) is 16.1 Å². The van der Waals surface area contributed by atoms with E-state index in [4.69, 9.17) is 4.74 Å². The summed E-state index contributed by atoms with van der Waals surface area (Å²) >= 11 is 0. The monoisotopic (exact) mass is 300 g/mol. The van der Waals surface area contributed by atoms with Gasteiger partial charge in [0.05, 0.1) is 11.6 Å². The van der Waals surface area contributed by atoms with E-state index in [9.17, 15) is 9.59 Å². The number of methoxy groups -OCH3 is 1. The number of piperidine rings is 1. The highest BCUT2D eigenvalue weighted by Crippen LogP contribution is 2.14. The number of hydrogen-bond donors (Lipinski definition) is 0. The zero-order chi connectivity index (χ0) is 15.5. The molecule has 0 aliphatic carbocycles. The number of rotatable bonds is 3. The van der Waals surface area contributed by atoms with Gasteiger partial charge in [-0.05, 0) is 25.0 Å². The van der Waals surface area contributed by atoms with Crippen LogP contribution in [0.3, 0.4) is 0 Å². The van der Waals surface area contributed by atoms with Crippen molar-refractivity contribution in [3.05, 3.63) is 46.8 Å². The molecule has 0 bridgehead atoms. The maximum absolute atomic E-state index is 12.5. The number of aromatic nitrogens is 1. The Kier molecular flexibility index (Phi) is 4.24. The smallest absolute Gasteiger partial charge is 0.242 e. The van der Waals surface area contributed by atoms with Crippen LogP contribution in [0.2, 0.25) is 0 Å². The van der Waals surface area contributed by atoms with E-state index in [1.807, 2.05) is 27.7 Å². The first-order chi connectivity index (χ1) is 10.7. The normalized spacial score (nSPS) is 16.1. The van der Waals surface area contributed by atoms with Crippen LogP contribution in [0.1, 0.15) is 12.8 Å². The minimum atomic E-state index is -0.0137. The number of benzene rings is 1. The second kappa shape index (κ2) is 6.32. The largest absolute Gasteiger partial charge is 0.381 e. The Morgan fingerprint density at radius 3 is 2.68 bits per heavy atom.